The Bertz CT molecular complexity index is 1700. The Balaban J connectivity index is 5.27. The number of unbranched alkanes of at least 4 members (excludes halogenated alkanes) is 26. The van der Waals surface area contributed by atoms with Crippen LogP contribution in [0.15, 0.2) is 0 Å². The van der Waals surface area contributed by atoms with Crippen molar-refractivity contribution >= 4 is 39.5 Å². The van der Waals surface area contributed by atoms with Crippen molar-refractivity contribution < 1.29 is 80.2 Å². The van der Waals surface area contributed by atoms with Crippen LogP contribution in [-0.2, 0) is 65.4 Å². The van der Waals surface area contributed by atoms with Crippen LogP contribution in [0.4, 0.5) is 0 Å². The zero-order valence-corrected chi connectivity index (χ0v) is 57.0. The summed E-state index contributed by atoms with van der Waals surface area (Å²) in [5.74, 6) is 0.841. The number of carbonyl (C=O) groups excluding carboxylic acids is 4. The van der Waals surface area contributed by atoms with Crippen LogP contribution >= 0.6 is 15.6 Å². The Morgan fingerprint density at radius 2 is 0.565 bits per heavy atom. The molecule has 85 heavy (non-hydrogen) atoms. The van der Waals surface area contributed by atoms with Gasteiger partial charge in [0.2, 0.25) is 0 Å². The highest BCUT2D eigenvalue weighted by atomic mass is 31.2. The van der Waals surface area contributed by atoms with E-state index in [1.54, 1.807) is 0 Å². The molecule has 0 rings (SSSR count). The van der Waals surface area contributed by atoms with Gasteiger partial charge in [-0.15, -0.1) is 0 Å². The molecule has 504 valence electrons. The summed E-state index contributed by atoms with van der Waals surface area (Å²) < 4.78 is 68.1. The predicted molar refractivity (Wildman–Crippen MR) is 340 cm³/mol. The first-order chi connectivity index (χ1) is 40.7. The average Bonchev–Trinajstić information content (AvgIpc) is 3.49. The van der Waals surface area contributed by atoms with E-state index in [-0.39, 0.29) is 25.7 Å². The standard InChI is InChI=1S/C66H128O17P2/c1-9-57(6)43-35-27-19-14-12-13-15-21-32-40-48-65(70)82-61(52-76-63(68)46-38-30-20-17-16-18-26-34-42-56(4)5)54-80-84(72,73)78-50-60(67)51-79-85(74,75)81-55-62(83-66(71)49-41-33-25-23-29-37-45-59(8)11-3)53-77-64(69)47-39-31-24-22-28-36-44-58(7)10-2/h56-62,67H,9-55H2,1-8H3,(H,72,73)(H,74,75)/t57?,58?,59?,60-,61-,62-/m1/s1. The molecule has 0 aromatic heterocycles. The lowest BCUT2D eigenvalue weighted by atomic mass is 9.99. The number of aliphatic hydroxyl groups is 1. The third kappa shape index (κ3) is 57.0. The van der Waals surface area contributed by atoms with Crippen molar-refractivity contribution in [3.05, 3.63) is 0 Å². The third-order valence-corrected chi connectivity index (χ3v) is 18.1. The number of aliphatic hydroxyl groups excluding tert-OH is 1. The van der Waals surface area contributed by atoms with Gasteiger partial charge >= 0.3 is 39.5 Å². The molecule has 0 aliphatic heterocycles. The molecule has 0 heterocycles. The molecule has 8 atom stereocenters. The molecule has 19 heteroatoms. The molecule has 5 unspecified atom stereocenters. The highest BCUT2D eigenvalue weighted by Gasteiger charge is 2.30. The summed E-state index contributed by atoms with van der Waals surface area (Å²) >= 11 is 0. The second-order valence-corrected chi connectivity index (χ2v) is 28.0. The zero-order chi connectivity index (χ0) is 63.2. The first-order valence-electron chi connectivity index (χ1n) is 34.3. The molecule has 0 amide bonds. The van der Waals surface area contributed by atoms with Gasteiger partial charge in [0, 0.05) is 25.7 Å². The summed E-state index contributed by atoms with van der Waals surface area (Å²) in [6.45, 7) is 14.0. The van der Waals surface area contributed by atoms with Crippen molar-refractivity contribution in [2.24, 2.45) is 23.7 Å². The van der Waals surface area contributed by atoms with Gasteiger partial charge in [0.05, 0.1) is 26.4 Å². The van der Waals surface area contributed by atoms with Gasteiger partial charge in [0.15, 0.2) is 12.2 Å². The molecule has 17 nitrogen and oxygen atoms in total. The van der Waals surface area contributed by atoms with E-state index in [1.165, 1.54) is 116 Å². The maximum absolute atomic E-state index is 13.0. The highest BCUT2D eigenvalue weighted by molar-refractivity contribution is 7.47. The van der Waals surface area contributed by atoms with E-state index >= 15 is 0 Å². The predicted octanol–water partition coefficient (Wildman–Crippen LogP) is 18.1. The number of hydrogen-bond donors (Lipinski definition) is 3. The minimum absolute atomic E-state index is 0.101. The largest absolute Gasteiger partial charge is 0.472 e. The third-order valence-electron chi connectivity index (χ3n) is 16.2. The van der Waals surface area contributed by atoms with E-state index in [0.717, 1.165) is 120 Å². The minimum Gasteiger partial charge on any atom is -0.462 e. The van der Waals surface area contributed by atoms with E-state index in [2.05, 4.69) is 55.4 Å². The van der Waals surface area contributed by atoms with Gasteiger partial charge in [-0.05, 0) is 49.4 Å². The molecule has 3 N–H and O–H groups in total. The van der Waals surface area contributed by atoms with E-state index in [9.17, 15) is 43.2 Å². The molecule has 0 aliphatic rings. The number of rotatable bonds is 63. The maximum atomic E-state index is 13.0. The Labute approximate surface area is 517 Å². The van der Waals surface area contributed by atoms with E-state index < -0.39 is 97.5 Å². The molecule has 0 aromatic carbocycles. The Kier molecular flexibility index (Phi) is 54.8. The highest BCUT2D eigenvalue weighted by Crippen LogP contribution is 2.45. The number of ether oxygens (including phenoxy) is 4. The van der Waals surface area contributed by atoms with E-state index in [4.69, 9.17) is 37.0 Å². The van der Waals surface area contributed by atoms with Crippen LogP contribution in [0.1, 0.15) is 319 Å². The van der Waals surface area contributed by atoms with Crippen molar-refractivity contribution in [1.82, 2.24) is 0 Å². The molecule has 0 saturated carbocycles. The fourth-order valence-electron chi connectivity index (χ4n) is 9.69. The minimum atomic E-state index is -4.95. The zero-order valence-electron chi connectivity index (χ0n) is 55.2. The topological polar surface area (TPSA) is 237 Å². The van der Waals surface area contributed by atoms with Crippen molar-refractivity contribution in [2.75, 3.05) is 39.6 Å². The van der Waals surface area contributed by atoms with Crippen molar-refractivity contribution in [3.63, 3.8) is 0 Å². The van der Waals surface area contributed by atoms with Gasteiger partial charge < -0.3 is 33.8 Å². The Morgan fingerprint density at radius 1 is 0.329 bits per heavy atom. The fraction of sp³-hybridized carbons (Fsp3) is 0.939. The molecule has 0 aromatic rings. The second kappa shape index (κ2) is 56.1. The first kappa shape index (κ1) is 83.1. The molecule has 0 saturated heterocycles. The molecule has 0 spiro atoms. The van der Waals surface area contributed by atoms with Gasteiger partial charge in [-0.1, -0.05) is 267 Å². The lowest BCUT2D eigenvalue weighted by Gasteiger charge is -2.21. The number of esters is 4. The lowest BCUT2D eigenvalue weighted by molar-refractivity contribution is -0.161. The number of phosphoric acid groups is 2. The molecule has 0 radical (unpaired) electrons. The van der Waals surface area contributed by atoms with Crippen molar-refractivity contribution in [2.45, 2.75) is 337 Å². The summed E-state index contributed by atoms with van der Waals surface area (Å²) in [6.07, 6.45) is 36.2. The SMILES string of the molecule is CCC(C)CCCCCCCCCCCCC(=O)O[C@H](COC(=O)CCCCCCCCCCC(C)C)COP(=O)(O)OC[C@@H](O)COP(=O)(O)OC[C@@H](COC(=O)CCCCCCCCC(C)CC)OC(=O)CCCCCCCCC(C)CC. The number of hydrogen-bond acceptors (Lipinski definition) is 15. The van der Waals surface area contributed by atoms with Gasteiger partial charge in [0.25, 0.3) is 0 Å². The average molecular weight is 1260 g/mol. The normalized spacial score (nSPS) is 15.3. The number of carbonyl (C=O) groups is 4. The molecule has 0 bridgehead atoms. The van der Waals surface area contributed by atoms with Crippen LogP contribution in [0.3, 0.4) is 0 Å². The monoisotopic (exact) mass is 1250 g/mol. The molecule has 0 aliphatic carbocycles. The summed E-state index contributed by atoms with van der Waals surface area (Å²) in [7, 11) is -9.89. The Morgan fingerprint density at radius 3 is 0.835 bits per heavy atom. The van der Waals surface area contributed by atoms with Gasteiger partial charge in [-0.2, -0.15) is 0 Å². The molecular weight excluding hydrogens is 1130 g/mol. The van der Waals surface area contributed by atoms with Crippen LogP contribution in [-0.4, -0.2) is 96.7 Å². The summed E-state index contributed by atoms with van der Waals surface area (Å²) in [4.78, 5) is 72.3. The van der Waals surface area contributed by atoms with Crippen LogP contribution < -0.4 is 0 Å². The summed E-state index contributed by atoms with van der Waals surface area (Å²) in [5, 5.41) is 10.6. The maximum Gasteiger partial charge on any atom is 0.472 e. The van der Waals surface area contributed by atoms with Crippen LogP contribution in [0, 0.1) is 23.7 Å². The summed E-state index contributed by atoms with van der Waals surface area (Å²) in [5.41, 5.74) is 0. The van der Waals surface area contributed by atoms with Crippen molar-refractivity contribution in [3.8, 4) is 0 Å². The lowest BCUT2D eigenvalue weighted by Crippen LogP contribution is -2.30. The van der Waals surface area contributed by atoms with Gasteiger partial charge in [0.1, 0.15) is 19.3 Å². The molecular formula is C66H128O17P2. The smallest absolute Gasteiger partial charge is 0.462 e. The number of phosphoric ester groups is 2. The van der Waals surface area contributed by atoms with Crippen LogP contribution in [0.25, 0.3) is 0 Å². The Hall–Kier alpha value is -1.94. The quantitative estimate of drug-likeness (QED) is 0.0222. The van der Waals surface area contributed by atoms with Crippen LogP contribution in [0.5, 0.6) is 0 Å². The van der Waals surface area contributed by atoms with Gasteiger partial charge in [-0.3, -0.25) is 37.3 Å². The fourth-order valence-corrected chi connectivity index (χ4v) is 11.3. The van der Waals surface area contributed by atoms with Crippen molar-refractivity contribution in [1.29, 1.82) is 0 Å². The van der Waals surface area contributed by atoms with Crippen LogP contribution in [0.2, 0.25) is 0 Å². The first-order valence-corrected chi connectivity index (χ1v) is 37.3. The van der Waals surface area contributed by atoms with E-state index in [1.807, 2.05) is 0 Å². The molecule has 0 fully saturated rings. The van der Waals surface area contributed by atoms with Gasteiger partial charge in [-0.25, -0.2) is 9.13 Å². The summed E-state index contributed by atoms with van der Waals surface area (Å²) in [6, 6.07) is 0. The second-order valence-electron chi connectivity index (χ2n) is 25.1. The van der Waals surface area contributed by atoms with E-state index in [0.29, 0.717) is 25.7 Å².